The first kappa shape index (κ1) is 11.3. The highest BCUT2D eigenvalue weighted by Crippen LogP contribution is 2.13. The van der Waals surface area contributed by atoms with Gasteiger partial charge >= 0.3 is 5.56 Å². The highest BCUT2D eigenvalue weighted by Gasteiger charge is 2.11. The van der Waals surface area contributed by atoms with E-state index in [1.54, 1.807) is 0 Å². The first-order valence-corrected chi connectivity index (χ1v) is 5.56. The fourth-order valence-electron chi connectivity index (χ4n) is 1.82. The predicted molar refractivity (Wildman–Crippen MR) is 66.5 cm³/mol. The molecule has 0 radical (unpaired) electrons. The number of rotatable bonds is 2. The van der Waals surface area contributed by atoms with Crippen LogP contribution in [0.1, 0.15) is 16.1 Å². The Kier molecular flexibility index (Phi) is 2.45. The van der Waals surface area contributed by atoms with Crippen molar-refractivity contribution in [1.82, 2.24) is 24.4 Å². The molecule has 1 aromatic carbocycles. The zero-order valence-electron chi connectivity index (χ0n) is 10.0. The second-order valence-electron chi connectivity index (χ2n) is 3.99. The zero-order valence-corrected chi connectivity index (χ0v) is 10.0. The molecular weight excluding hydrogens is 246 g/mol. The fraction of sp³-hybridized carbons (Fsp3) is 0.0833. The Hall–Kier alpha value is -2.83. The van der Waals surface area contributed by atoms with Crippen LogP contribution < -0.4 is 5.56 Å². The van der Waals surface area contributed by atoms with Gasteiger partial charge in [-0.3, -0.25) is 9.59 Å². The molecular formula is C12H9N5O2. The number of hydrogen-bond donors (Lipinski definition) is 0. The van der Waals surface area contributed by atoms with E-state index in [0.717, 1.165) is 11.3 Å². The van der Waals surface area contributed by atoms with Crippen molar-refractivity contribution in [2.75, 3.05) is 0 Å². The van der Waals surface area contributed by atoms with Crippen molar-refractivity contribution in [1.29, 1.82) is 0 Å². The van der Waals surface area contributed by atoms with Crippen LogP contribution in [-0.2, 0) is 0 Å². The Morgan fingerprint density at radius 1 is 1.26 bits per heavy atom. The Labute approximate surface area is 107 Å². The van der Waals surface area contributed by atoms with Crippen LogP contribution >= 0.6 is 0 Å². The molecule has 0 amide bonds. The topological polar surface area (TPSA) is 82.2 Å². The van der Waals surface area contributed by atoms with Crippen molar-refractivity contribution < 1.29 is 4.79 Å². The van der Waals surface area contributed by atoms with Crippen LogP contribution in [0.25, 0.3) is 11.5 Å². The van der Waals surface area contributed by atoms with Gasteiger partial charge in [0.05, 0.1) is 5.69 Å². The summed E-state index contributed by atoms with van der Waals surface area (Å²) >= 11 is 0. The highest BCUT2D eigenvalue weighted by atomic mass is 16.1. The van der Waals surface area contributed by atoms with Gasteiger partial charge in [0.15, 0.2) is 12.0 Å². The summed E-state index contributed by atoms with van der Waals surface area (Å²) in [5, 5.41) is 8.00. The predicted octanol–water partition coefficient (Wildman–Crippen LogP) is 0.396. The number of fused-ring (bicyclic) bond motifs is 1. The van der Waals surface area contributed by atoms with Gasteiger partial charge in [-0.15, -0.1) is 0 Å². The summed E-state index contributed by atoms with van der Waals surface area (Å²) in [6, 6.07) is 7.57. The van der Waals surface area contributed by atoms with E-state index in [4.69, 9.17) is 0 Å². The molecule has 7 heteroatoms. The Morgan fingerprint density at radius 3 is 2.79 bits per heavy atom. The van der Waals surface area contributed by atoms with Crippen LogP contribution in [0.2, 0.25) is 0 Å². The van der Waals surface area contributed by atoms with Gasteiger partial charge in [-0.1, -0.05) is 18.2 Å². The summed E-state index contributed by atoms with van der Waals surface area (Å²) in [7, 11) is 0. The minimum atomic E-state index is -0.662. The van der Waals surface area contributed by atoms with E-state index in [-0.39, 0.29) is 11.5 Å². The molecule has 0 saturated heterocycles. The maximum atomic E-state index is 11.6. The van der Waals surface area contributed by atoms with Gasteiger partial charge in [-0.05, 0) is 18.6 Å². The number of hydrogen-bond acceptors (Lipinski definition) is 5. The van der Waals surface area contributed by atoms with Gasteiger partial charge in [0, 0.05) is 0 Å². The van der Waals surface area contributed by atoms with Crippen molar-refractivity contribution in [3.63, 3.8) is 0 Å². The van der Waals surface area contributed by atoms with Crippen molar-refractivity contribution in [3.8, 4) is 5.69 Å². The molecule has 94 valence electrons. The number of nitrogens with zero attached hydrogens (tertiary/aromatic N) is 5. The van der Waals surface area contributed by atoms with E-state index >= 15 is 0 Å². The van der Waals surface area contributed by atoms with Crippen molar-refractivity contribution in [3.05, 3.63) is 52.2 Å². The average molecular weight is 255 g/mol. The van der Waals surface area contributed by atoms with E-state index in [1.807, 2.05) is 31.2 Å². The van der Waals surface area contributed by atoms with E-state index in [2.05, 4.69) is 15.2 Å². The normalized spacial score (nSPS) is 10.8. The lowest BCUT2D eigenvalue weighted by Gasteiger charge is -2.04. The molecule has 0 aliphatic heterocycles. The van der Waals surface area contributed by atoms with Gasteiger partial charge in [0.25, 0.3) is 5.78 Å². The Balaban J connectivity index is 2.33. The second-order valence-corrected chi connectivity index (χ2v) is 3.99. The molecule has 0 saturated carbocycles. The van der Waals surface area contributed by atoms with Crippen LogP contribution in [0.3, 0.4) is 0 Å². The van der Waals surface area contributed by atoms with Crippen molar-refractivity contribution in [2.45, 2.75) is 6.92 Å². The van der Waals surface area contributed by atoms with E-state index in [9.17, 15) is 9.59 Å². The molecule has 0 bridgehead atoms. The molecule has 7 nitrogen and oxygen atoms in total. The van der Waals surface area contributed by atoms with Gasteiger partial charge in [-0.2, -0.15) is 24.4 Å². The second kappa shape index (κ2) is 4.13. The van der Waals surface area contributed by atoms with Gasteiger partial charge < -0.3 is 0 Å². The molecule has 0 aliphatic rings. The smallest absolute Gasteiger partial charge is 0.296 e. The molecule has 0 fully saturated rings. The third-order valence-corrected chi connectivity index (χ3v) is 2.76. The number of para-hydroxylation sites is 1. The minimum absolute atomic E-state index is 0.234. The lowest BCUT2D eigenvalue weighted by atomic mass is 10.2. The summed E-state index contributed by atoms with van der Waals surface area (Å²) in [6.07, 6.45) is 1.79. The molecule has 0 spiro atoms. The summed E-state index contributed by atoms with van der Waals surface area (Å²) in [5.74, 6) is 0.268. The van der Waals surface area contributed by atoms with Crippen LogP contribution in [0.15, 0.2) is 35.4 Å². The molecule has 0 aliphatic carbocycles. The zero-order chi connectivity index (χ0) is 13.4. The summed E-state index contributed by atoms with van der Waals surface area (Å²) in [4.78, 5) is 26.1. The van der Waals surface area contributed by atoms with Gasteiger partial charge in [-0.25, -0.2) is 0 Å². The quantitative estimate of drug-likeness (QED) is 0.619. The summed E-state index contributed by atoms with van der Waals surface area (Å²) in [6.45, 7) is 1.93. The van der Waals surface area contributed by atoms with Crippen molar-refractivity contribution >= 4 is 12.1 Å². The molecule has 2 aromatic heterocycles. The molecule has 2 heterocycles. The summed E-state index contributed by atoms with van der Waals surface area (Å²) in [5.41, 5.74) is 0.895. The first-order chi connectivity index (χ1) is 9.20. The van der Waals surface area contributed by atoms with Crippen molar-refractivity contribution in [2.24, 2.45) is 0 Å². The average Bonchev–Trinajstić information content (AvgIpc) is 2.81. The Morgan fingerprint density at radius 2 is 2.05 bits per heavy atom. The SMILES string of the molecule is Cc1ccccc1-n1ncn2nc(C=O)c(=O)nc12. The lowest BCUT2D eigenvalue weighted by Crippen LogP contribution is -2.19. The van der Waals surface area contributed by atoms with Gasteiger partial charge in [0.1, 0.15) is 6.33 Å². The lowest BCUT2D eigenvalue weighted by molar-refractivity contribution is 0.111. The van der Waals surface area contributed by atoms with E-state index < -0.39 is 5.56 Å². The maximum Gasteiger partial charge on any atom is 0.304 e. The monoisotopic (exact) mass is 255 g/mol. The van der Waals surface area contributed by atoms with Crippen LogP contribution in [0.4, 0.5) is 0 Å². The first-order valence-electron chi connectivity index (χ1n) is 5.56. The van der Waals surface area contributed by atoms with Crippen LogP contribution in [-0.4, -0.2) is 30.7 Å². The number of aryl methyl sites for hydroxylation is 1. The summed E-state index contributed by atoms with van der Waals surface area (Å²) < 4.78 is 2.82. The minimum Gasteiger partial charge on any atom is -0.296 e. The number of carbonyl (C=O) groups excluding carboxylic acids is 1. The van der Waals surface area contributed by atoms with E-state index in [1.165, 1.54) is 15.5 Å². The van der Waals surface area contributed by atoms with Crippen LogP contribution in [0.5, 0.6) is 0 Å². The fourth-order valence-corrected chi connectivity index (χ4v) is 1.82. The molecule has 3 rings (SSSR count). The molecule has 0 N–H and O–H groups in total. The standard InChI is InChI=1S/C12H9N5O2/c1-8-4-2-3-5-10(8)17-12-14-11(19)9(6-18)15-16(12)7-13-17/h2-7H,1H3. The molecule has 3 aromatic rings. The largest absolute Gasteiger partial charge is 0.304 e. The number of aldehydes is 1. The Bertz CT molecular complexity index is 833. The third kappa shape index (κ3) is 1.71. The third-order valence-electron chi connectivity index (χ3n) is 2.76. The molecule has 0 atom stereocenters. The maximum absolute atomic E-state index is 11.6. The highest BCUT2D eigenvalue weighted by molar-refractivity contribution is 5.70. The van der Waals surface area contributed by atoms with E-state index in [0.29, 0.717) is 6.29 Å². The number of benzene rings is 1. The number of aromatic nitrogens is 5. The van der Waals surface area contributed by atoms with Crippen LogP contribution in [0, 0.1) is 6.92 Å². The van der Waals surface area contributed by atoms with Gasteiger partial charge in [0.2, 0.25) is 0 Å². The molecule has 0 unspecified atom stereocenters. The number of carbonyl (C=O) groups is 1. The molecule has 19 heavy (non-hydrogen) atoms.